The van der Waals surface area contributed by atoms with Crippen LogP contribution in [0.1, 0.15) is 38.7 Å². The van der Waals surface area contributed by atoms with Gasteiger partial charge in [-0.1, -0.05) is 12.1 Å². The third-order valence-corrected chi connectivity index (χ3v) is 6.18. The summed E-state index contributed by atoms with van der Waals surface area (Å²) in [4.78, 5) is 13.6. The molecule has 8 heteroatoms. The van der Waals surface area contributed by atoms with Crippen molar-refractivity contribution in [3.8, 4) is 0 Å². The zero-order chi connectivity index (χ0) is 18.2. The van der Waals surface area contributed by atoms with Crippen molar-refractivity contribution in [1.82, 2.24) is 14.5 Å². The zero-order valence-electron chi connectivity index (χ0n) is 14.5. The monoisotopic (exact) mass is 477 g/mol. The maximum atomic E-state index is 14.8. The lowest BCUT2D eigenvalue weighted by Gasteiger charge is -2.35. The molecule has 1 aliphatic rings. The van der Waals surface area contributed by atoms with Crippen molar-refractivity contribution >= 4 is 45.4 Å². The minimum Gasteiger partial charge on any atom is -0.444 e. The highest BCUT2D eigenvalue weighted by Gasteiger charge is 2.34. The molecule has 0 bridgehead atoms. The van der Waals surface area contributed by atoms with Crippen molar-refractivity contribution in [2.75, 3.05) is 13.1 Å². The van der Waals surface area contributed by atoms with E-state index >= 15 is 0 Å². The lowest BCUT2D eigenvalue weighted by atomic mass is 9.87. The van der Waals surface area contributed by atoms with Crippen molar-refractivity contribution in [2.24, 2.45) is 0 Å². The van der Waals surface area contributed by atoms with Crippen LogP contribution in [0.25, 0.3) is 10.9 Å². The van der Waals surface area contributed by atoms with Crippen molar-refractivity contribution in [2.45, 2.75) is 44.9 Å². The van der Waals surface area contributed by atoms with E-state index in [0.717, 1.165) is 16.5 Å². The first-order valence-electron chi connectivity index (χ1n) is 8.25. The number of likely N-dealkylation sites (tertiary alicyclic amines) is 1. The quantitative estimate of drug-likeness (QED) is 0.457. The van der Waals surface area contributed by atoms with Crippen LogP contribution >= 0.6 is 28.4 Å². The first-order chi connectivity index (χ1) is 11.8. The van der Waals surface area contributed by atoms with Crippen LogP contribution in [0.2, 0.25) is 0 Å². The van der Waals surface area contributed by atoms with Gasteiger partial charge in [0.25, 0.3) is 0 Å². The van der Waals surface area contributed by atoms with Crippen molar-refractivity contribution in [3.05, 3.63) is 30.0 Å². The Balaban J connectivity index is 1.74. The summed E-state index contributed by atoms with van der Waals surface area (Å²) in [6.45, 7) is 6.03. The average Bonchev–Trinajstić information content (AvgIpc) is 2.95. The number of halogens is 2. The summed E-state index contributed by atoms with van der Waals surface area (Å²) in [5, 5.41) is 5.41. The molecule has 1 aliphatic heterocycles. The minimum absolute atomic E-state index is 0.0743. The summed E-state index contributed by atoms with van der Waals surface area (Å²) < 4.78 is 22.1. The molecular weight excluding hydrogens is 455 g/mol. The molecule has 1 fully saturated rings. The van der Waals surface area contributed by atoms with Gasteiger partial charge in [-0.05, 0) is 60.9 Å². The molecule has 1 saturated heterocycles. The highest BCUT2D eigenvalue weighted by molar-refractivity contribution is 14.2. The number of hydrogen-bond donors (Lipinski definition) is 0. The molecule has 25 heavy (non-hydrogen) atoms. The second-order valence-electron chi connectivity index (χ2n) is 7.30. The largest absolute Gasteiger partial charge is 0.444 e. The van der Waals surface area contributed by atoms with Crippen LogP contribution < -0.4 is 0 Å². The van der Waals surface area contributed by atoms with E-state index in [0.29, 0.717) is 19.3 Å². The van der Waals surface area contributed by atoms with Crippen molar-refractivity contribution in [3.63, 3.8) is 0 Å². The Morgan fingerprint density at radius 3 is 2.84 bits per heavy atom. The summed E-state index contributed by atoms with van der Waals surface area (Å²) in [6.07, 6.45) is 1.40. The van der Waals surface area contributed by atoms with Gasteiger partial charge in [-0.25, -0.2) is 13.6 Å². The van der Waals surface area contributed by atoms with Gasteiger partial charge in [0.05, 0.1) is 24.6 Å². The van der Waals surface area contributed by atoms with Crippen LogP contribution in [0.15, 0.2) is 24.4 Å². The number of nitrogens with zero attached hydrogens (tertiary/aromatic N) is 3. The van der Waals surface area contributed by atoms with E-state index in [4.69, 9.17) is 4.74 Å². The van der Waals surface area contributed by atoms with E-state index in [1.165, 1.54) is 4.90 Å². The minimum atomic E-state index is -1.10. The third-order valence-electron chi connectivity index (χ3n) is 4.30. The average molecular weight is 477 g/mol. The number of ether oxygens (including phenoxy) is 1. The van der Waals surface area contributed by atoms with Crippen LogP contribution in [-0.4, -0.2) is 45.4 Å². The van der Waals surface area contributed by atoms with Crippen LogP contribution in [0.3, 0.4) is 0 Å². The molecule has 5 nitrogen and oxygen atoms in total. The summed E-state index contributed by atoms with van der Waals surface area (Å²) in [6, 6.07) is 6.01. The van der Waals surface area contributed by atoms with E-state index in [2.05, 4.69) is 27.1 Å². The number of benzene rings is 1. The second kappa shape index (κ2) is 7.35. The number of piperidine rings is 1. The molecule has 3 unspecified atom stereocenters. The normalized spacial score (nSPS) is 22.0. The molecule has 3 rings (SSSR count). The first kappa shape index (κ1) is 18.8. The van der Waals surface area contributed by atoms with Crippen LogP contribution in [0.5, 0.6) is 0 Å². The van der Waals surface area contributed by atoms with E-state index in [-0.39, 0.29) is 12.5 Å². The highest BCUT2D eigenvalue weighted by Crippen LogP contribution is 2.35. The van der Waals surface area contributed by atoms with Gasteiger partial charge in [0.1, 0.15) is 11.8 Å². The number of aromatic nitrogens is 2. The Morgan fingerprint density at radius 1 is 1.44 bits per heavy atom. The SMILES string of the molecule is CC(C)(C)OC(=O)N1CCC(c2ccc3cnn(PI)c3c2)C(F)C1. The van der Waals surface area contributed by atoms with Gasteiger partial charge < -0.3 is 9.64 Å². The molecular formula is C17H22FIN3O2P. The Kier molecular flexibility index (Phi) is 5.54. The van der Waals surface area contributed by atoms with Gasteiger partial charge in [0.2, 0.25) is 0 Å². The van der Waals surface area contributed by atoms with Gasteiger partial charge in [0, 0.05) is 17.8 Å². The molecule has 0 aliphatic carbocycles. The molecule has 1 amide bonds. The smallest absolute Gasteiger partial charge is 0.410 e. The number of rotatable bonds is 2. The van der Waals surface area contributed by atoms with Gasteiger partial charge in [-0.2, -0.15) is 5.10 Å². The Bertz CT molecular complexity index is 777. The molecule has 2 heterocycles. The lowest BCUT2D eigenvalue weighted by Crippen LogP contribution is -2.46. The van der Waals surface area contributed by atoms with Gasteiger partial charge in [0.15, 0.2) is 0 Å². The van der Waals surface area contributed by atoms with E-state index in [1.807, 2.05) is 49.6 Å². The molecule has 136 valence electrons. The maximum Gasteiger partial charge on any atom is 0.410 e. The predicted octanol–water partition coefficient (Wildman–Crippen LogP) is 4.89. The second-order valence-corrected chi connectivity index (χ2v) is 9.34. The van der Waals surface area contributed by atoms with E-state index in [9.17, 15) is 9.18 Å². The number of fused-ring (bicyclic) bond motifs is 1. The van der Waals surface area contributed by atoms with Gasteiger partial charge in [-0.3, -0.25) is 0 Å². The predicted molar refractivity (Wildman–Crippen MR) is 108 cm³/mol. The van der Waals surface area contributed by atoms with Crippen LogP contribution in [-0.2, 0) is 4.74 Å². The fourth-order valence-corrected chi connectivity index (χ4v) is 4.65. The van der Waals surface area contributed by atoms with E-state index < -0.39 is 17.9 Å². The topological polar surface area (TPSA) is 47.4 Å². The summed E-state index contributed by atoms with van der Waals surface area (Å²) in [5.41, 5.74) is 1.44. The molecule has 1 aromatic carbocycles. The summed E-state index contributed by atoms with van der Waals surface area (Å²) in [7, 11) is 0. The molecule has 0 radical (unpaired) electrons. The van der Waals surface area contributed by atoms with Crippen molar-refractivity contribution in [1.29, 1.82) is 0 Å². The molecule has 0 spiro atoms. The van der Waals surface area contributed by atoms with Crippen molar-refractivity contribution < 1.29 is 13.9 Å². The molecule has 3 atom stereocenters. The highest BCUT2D eigenvalue weighted by atomic mass is 127. The molecule has 1 aromatic heterocycles. The maximum absolute atomic E-state index is 14.8. The summed E-state index contributed by atoms with van der Waals surface area (Å²) in [5.74, 6) is -0.205. The molecule has 2 aromatic rings. The lowest BCUT2D eigenvalue weighted by molar-refractivity contribution is 0.0111. The standard InChI is InChI=1S/C17H22FIN3O2P/c1-17(2,3)24-16(23)21-7-6-13(14(18)10-21)11-4-5-12-9-20-22(25-19)15(12)8-11/h4-5,8-9,13-14,25H,6-7,10H2,1-3H3. The number of amides is 1. The van der Waals surface area contributed by atoms with Gasteiger partial charge in [-0.15, -0.1) is 0 Å². The fraction of sp³-hybridized carbons (Fsp3) is 0.529. The summed E-state index contributed by atoms with van der Waals surface area (Å²) >= 11 is 2.28. The number of alkyl halides is 1. The Labute approximate surface area is 161 Å². The molecule has 0 N–H and O–H groups in total. The zero-order valence-corrected chi connectivity index (χ0v) is 17.7. The van der Waals surface area contributed by atoms with Crippen LogP contribution in [0.4, 0.5) is 9.18 Å². The fourth-order valence-electron chi connectivity index (χ4n) is 3.11. The number of carbonyl (C=O) groups is 1. The Morgan fingerprint density at radius 2 is 2.20 bits per heavy atom. The first-order valence-corrected chi connectivity index (χ1v) is 12.3. The number of carbonyl (C=O) groups excluding carboxylic acids is 1. The van der Waals surface area contributed by atoms with Crippen LogP contribution in [0, 0.1) is 0 Å². The van der Waals surface area contributed by atoms with E-state index in [1.54, 1.807) is 0 Å². The Hall–Kier alpha value is -0.950. The molecule has 0 saturated carbocycles. The van der Waals surface area contributed by atoms with Gasteiger partial charge >= 0.3 is 6.09 Å². The number of hydrogen-bond acceptors (Lipinski definition) is 3. The third kappa shape index (κ3) is 4.25.